The fraction of sp³-hybridized carbons (Fsp3) is 0.346. The minimum atomic E-state index is -0.544. The number of ether oxygens (including phenoxy) is 3. The Labute approximate surface area is 223 Å². The van der Waals surface area contributed by atoms with E-state index in [1.165, 1.54) is 11.0 Å². The van der Waals surface area contributed by atoms with Gasteiger partial charge in [0, 0.05) is 43.7 Å². The molecule has 1 amide bonds. The van der Waals surface area contributed by atoms with Crippen LogP contribution in [0.4, 0.5) is 14.9 Å². The lowest BCUT2D eigenvalue weighted by molar-refractivity contribution is -0.147. The van der Waals surface area contributed by atoms with Gasteiger partial charge >= 0.3 is 12.1 Å². The number of rotatable bonds is 11. The largest absolute Gasteiger partial charge is 0.462 e. The first-order chi connectivity index (χ1) is 19.0. The van der Waals surface area contributed by atoms with Crippen LogP contribution in [0.1, 0.15) is 18.5 Å². The number of hydroxylamine groups is 1. The Hall–Kier alpha value is -4.36. The summed E-state index contributed by atoms with van der Waals surface area (Å²) in [5.41, 5.74) is 5.29. The minimum absolute atomic E-state index is 0.0731. The van der Waals surface area contributed by atoms with Gasteiger partial charge < -0.3 is 14.2 Å². The lowest BCUT2D eigenvalue weighted by Crippen LogP contribution is -2.26. The first-order valence-electron chi connectivity index (χ1n) is 12.4. The van der Waals surface area contributed by atoms with Crippen molar-refractivity contribution in [3.8, 4) is 11.1 Å². The van der Waals surface area contributed by atoms with Gasteiger partial charge in [0.15, 0.2) is 0 Å². The van der Waals surface area contributed by atoms with E-state index in [4.69, 9.17) is 19.0 Å². The number of anilines is 1. The van der Waals surface area contributed by atoms with Crippen LogP contribution < -0.4 is 10.4 Å². The van der Waals surface area contributed by atoms with Crippen LogP contribution in [-0.4, -0.2) is 71.1 Å². The molecule has 39 heavy (non-hydrogen) atoms. The van der Waals surface area contributed by atoms with E-state index in [0.717, 1.165) is 0 Å². The molecule has 0 bridgehead atoms. The molecule has 0 radical (unpaired) electrons. The maximum Gasteiger partial charge on any atom is 0.414 e. The van der Waals surface area contributed by atoms with Crippen molar-refractivity contribution in [3.05, 3.63) is 66.5 Å². The Balaban J connectivity index is 1.19. The second kappa shape index (κ2) is 12.0. The van der Waals surface area contributed by atoms with Gasteiger partial charge in [-0.05, 0) is 36.8 Å². The number of esters is 1. The Morgan fingerprint density at radius 2 is 2.18 bits per heavy atom. The number of carbonyl (C=O) groups is 2. The summed E-state index contributed by atoms with van der Waals surface area (Å²) in [6.45, 7) is 1.20. The molecule has 3 aromatic rings. The maximum atomic E-state index is 15.1. The average Bonchev–Trinajstić information content (AvgIpc) is 3.70. The van der Waals surface area contributed by atoms with Gasteiger partial charge in [0.25, 0.3) is 0 Å². The molecular formula is C26H27FN6O6. The molecule has 5 rings (SSSR count). The molecule has 13 heteroatoms. The summed E-state index contributed by atoms with van der Waals surface area (Å²) in [4.78, 5) is 35.4. The van der Waals surface area contributed by atoms with Gasteiger partial charge in [-0.25, -0.2) is 13.9 Å². The zero-order valence-corrected chi connectivity index (χ0v) is 21.2. The number of nitrogens with zero attached hydrogens (tertiary/aromatic N) is 5. The molecule has 1 aromatic carbocycles. The lowest BCUT2D eigenvalue weighted by Gasteiger charge is -2.14. The number of pyridine rings is 1. The number of halogens is 1. The van der Waals surface area contributed by atoms with E-state index in [2.05, 4.69) is 20.8 Å². The summed E-state index contributed by atoms with van der Waals surface area (Å²) in [5.74, 6) is -0.815. The molecule has 12 nitrogen and oxygen atoms in total. The number of aromatic nitrogens is 4. The van der Waals surface area contributed by atoms with Crippen LogP contribution in [0.5, 0.6) is 0 Å². The van der Waals surface area contributed by atoms with Crippen molar-refractivity contribution in [2.24, 2.45) is 0 Å². The first kappa shape index (κ1) is 26.3. The summed E-state index contributed by atoms with van der Waals surface area (Å²) in [5, 5.41) is 7.61. The van der Waals surface area contributed by atoms with Crippen molar-refractivity contribution in [2.75, 3.05) is 31.8 Å². The highest BCUT2D eigenvalue weighted by molar-refractivity contribution is 5.90. The lowest BCUT2D eigenvalue weighted by atomic mass is 10.1. The van der Waals surface area contributed by atoms with Crippen molar-refractivity contribution < 1.29 is 33.0 Å². The standard InChI is InChI=1S/C26H27FN6O6/c1-36-10-2-3-25(34)37-16-19-12-24(30-39-19)23-7-4-17(13-28-23)21-6-5-18(11-22(21)27)33-15-20(38-26(33)35)14-32-9-8-29-31-32/h4-9,11-13,19-20,30H,2-3,10,14-16H2,1H3/t19-,20-/m0/s1. The number of amides is 1. The normalized spacial score (nSPS) is 18.6. The topological polar surface area (TPSA) is 130 Å². The van der Waals surface area contributed by atoms with Crippen molar-refractivity contribution in [1.29, 1.82) is 0 Å². The van der Waals surface area contributed by atoms with Crippen LogP contribution in [0, 0.1) is 5.82 Å². The molecule has 204 valence electrons. The molecule has 2 aliphatic heterocycles. The highest BCUT2D eigenvalue weighted by Crippen LogP contribution is 2.30. The molecule has 0 spiro atoms. The molecule has 0 aliphatic carbocycles. The monoisotopic (exact) mass is 538 g/mol. The van der Waals surface area contributed by atoms with Crippen LogP contribution in [0.2, 0.25) is 0 Å². The summed E-state index contributed by atoms with van der Waals surface area (Å²) in [6.07, 6.45) is 5.99. The van der Waals surface area contributed by atoms with Crippen molar-refractivity contribution in [1.82, 2.24) is 25.5 Å². The smallest absolute Gasteiger partial charge is 0.414 e. The quantitative estimate of drug-likeness (QED) is 0.287. The molecule has 2 atom stereocenters. The van der Waals surface area contributed by atoms with Crippen LogP contribution in [0.15, 0.2) is 55.0 Å². The summed E-state index contributed by atoms with van der Waals surface area (Å²) in [7, 11) is 1.58. The second-order valence-electron chi connectivity index (χ2n) is 8.96. The summed E-state index contributed by atoms with van der Waals surface area (Å²) in [6, 6.07) is 8.05. The van der Waals surface area contributed by atoms with Gasteiger partial charge in [-0.2, -0.15) is 0 Å². The predicted molar refractivity (Wildman–Crippen MR) is 135 cm³/mol. The third-order valence-corrected chi connectivity index (χ3v) is 6.16. The molecule has 2 aliphatic rings. The Morgan fingerprint density at radius 3 is 2.92 bits per heavy atom. The van der Waals surface area contributed by atoms with Crippen molar-refractivity contribution >= 4 is 23.4 Å². The SMILES string of the molecule is COCCCC(=O)OC[C@@H]1C=C(c2ccc(-c3ccc(N4C[C@H](Cn5ccnn5)OC4=O)cc3F)cn2)NO1. The summed E-state index contributed by atoms with van der Waals surface area (Å²) < 4.78 is 32.2. The molecule has 4 heterocycles. The van der Waals surface area contributed by atoms with Gasteiger partial charge in [0.05, 0.1) is 36.4 Å². The fourth-order valence-corrected chi connectivity index (χ4v) is 4.21. The van der Waals surface area contributed by atoms with Crippen LogP contribution in [0.3, 0.4) is 0 Å². The van der Waals surface area contributed by atoms with E-state index in [1.807, 2.05) is 0 Å². The highest BCUT2D eigenvalue weighted by Gasteiger charge is 2.33. The maximum absolute atomic E-state index is 15.1. The minimum Gasteiger partial charge on any atom is -0.462 e. The van der Waals surface area contributed by atoms with Crippen LogP contribution in [-0.2, 0) is 30.4 Å². The van der Waals surface area contributed by atoms with Gasteiger partial charge in [-0.3, -0.25) is 25.0 Å². The Bertz CT molecular complexity index is 1330. The van der Waals surface area contributed by atoms with E-state index in [9.17, 15) is 9.59 Å². The highest BCUT2D eigenvalue weighted by atomic mass is 19.1. The third-order valence-electron chi connectivity index (χ3n) is 6.16. The van der Waals surface area contributed by atoms with E-state index in [-0.39, 0.29) is 25.5 Å². The zero-order valence-electron chi connectivity index (χ0n) is 21.2. The van der Waals surface area contributed by atoms with Gasteiger partial charge in [0.2, 0.25) is 0 Å². The van der Waals surface area contributed by atoms with E-state index >= 15 is 4.39 Å². The number of cyclic esters (lactones) is 1. The molecule has 2 aromatic heterocycles. The van der Waals surface area contributed by atoms with E-state index < -0.39 is 24.1 Å². The van der Waals surface area contributed by atoms with Gasteiger partial charge in [0.1, 0.15) is 24.6 Å². The number of carbonyl (C=O) groups excluding carboxylic acids is 2. The third kappa shape index (κ3) is 6.38. The van der Waals surface area contributed by atoms with E-state index in [0.29, 0.717) is 47.8 Å². The number of methoxy groups -OCH3 is 1. The van der Waals surface area contributed by atoms with Gasteiger partial charge in [-0.15, -0.1) is 5.10 Å². The van der Waals surface area contributed by atoms with Crippen LogP contribution >= 0.6 is 0 Å². The van der Waals surface area contributed by atoms with Crippen LogP contribution in [0.25, 0.3) is 16.8 Å². The van der Waals surface area contributed by atoms with E-state index in [1.54, 1.807) is 60.7 Å². The number of hydrogen-bond acceptors (Lipinski definition) is 10. The first-order valence-corrected chi connectivity index (χ1v) is 12.4. The predicted octanol–water partition coefficient (Wildman–Crippen LogP) is 2.72. The molecule has 0 saturated carbocycles. The number of benzene rings is 1. The number of nitrogens with one attached hydrogen (secondary N) is 1. The van der Waals surface area contributed by atoms with Crippen molar-refractivity contribution in [3.63, 3.8) is 0 Å². The molecule has 1 fully saturated rings. The molecular weight excluding hydrogens is 511 g/mol. The Morgan fingerprint density at radius 1 is 1.28 bits per heavy atom. The van der Waals surface area contributed by atoms with Gasteiger partial charge in [-0.1, -0.05) is 11.3 Å². The summed E-state index contributed by atoms with van der Waals surface area (Å²) >= 11 is 0. The molecule has 1 N–H and O–H groups in total. The average molecular weight is 539 g/mol. The fourth-order valence-electron chi connectivity index (χ4n) is 4.21. The van der Waals surface area contributed by atoms with Crippen molar-refractivity contribution in [2.45, 2.75) is 31.6 Å². The Kier molecular flexibility index (Phi) is 8.08. The second-order valence-corrected chi connectivity index (χ2v) is 8.96. The molecule has 1 saturated heterocycles. The molecule has 0 unspecified atom stereocenters. The number of hydrogen-bond donors (Lipinski definition) is 1. The zero-order chi connectivity index (χ0) is 27.2.